The summed E-state index contributed by atoms with van der Waals surface area (Å²) in [6.07, 6.45) is 5.88. The number of amides is 1. The molecule has 6 nitrogen and oxygen atoms in total. The van der Waals surface area contributed by atoms with Crippen LogP contribution in [-0.2, 0) is 13.6 Å². The first-order valence-electron chi connectivity index (χ1n) is 7.38. The van der Waals surface area contributed by atoms with Gasteiger partial charge in [0.25, 0.3) is 5.91 Å². The van der Waals surface area contributed by atoms with Gasteiger partial charge in [0.1, 0.15) is 5.69 Å². The number of carbonyl (C=O) groups is 1. The monoisotopic (exact) mass is 287 g/mol. The van der Waals surface area contributed by atoms with E-state index in [1.54, 1.807) is 10.9 Å². The average molecular weight is 287 g/mol. The Kier molecular flexibility index (Phi) is 4.06. The summed E-state index contributed by atoms with van der Waals surface area (Å²) in [4.78, 5) is 12.4. The Morgan fingerprint density at radius 2 is 2.24 bits per heavy atom. The molecule has 112 valence electrons. The van der Waals surface area contributed by atoms with Crippen LogP contribution in [0.1, 0.15) is 35.1 Å². The van der Waals surface area contributed by atoms with E-state index in [4.69, 9.17) is 0 Å². The molecular formula is C15H21N5O. The van der Waals surface area contributed by atoms with E-state index in [0.29, 0.717) is 12.6 Å². The molecule has 0 saturated carbocycles. The van der Waals surface area contributed by atoms with E-state index in [2.05, 4.69) is 20.3 Å². The number of aryl methyl sites for hydroxylation is 1. The van der Waals surface area contributed by atoms with Gasteiger partial charge < -0.3 is 15.2 Å². The molecule has 1 aliphatic rings. The SMILES string of the molecule is Cn1nccc1CNC(=O)c1cccn1C1CCNCC1. The molecule has 1 amide bonds. The topological polar surface area (TPSA) is 63.9 Å². The summed E-state index contributed by atoms with van der Waals surface area (Å²) in [6.45, 7) is 2.52. The first-order valence-corrected chi connectivity index (χ1v) is 7.38. The van der Waals surface area contributed by atoms with E-state index in [1.165, 1.54) is 0 Å². The van der Waals surface area contributed by atoms with Crippen molar-refractivity contribution >= 4 is 5.91 Å². The molecule has 1 fully saturated rings. The molecule has 0 bridgehead atoms. The highest BCUT2D eigenvalue weighted by Gasteiger charge is 2.19. The molecule has 0 radical (unpaired) electrons. The first kappa shape index (κ1) is 13.9. The highest BCUT2D eigenvalue weighted by molar-refractivity contribution is 5.92. The number of hydrogen-bond donors (Lipinski definition) is 2. The third kappa shape index (κ3) is 3.00. The fourth-order valence-corrected chi connectivity index (χ4v) is 2.83. The standard InChI is InChI=1S/C15H21N5O/c1-19-13(6-9-18-19)11-17-15(21)14-3-2-10-20(14)12-4-7-16-8-5-12/h2-3,6,9-10,12,16H,4-5,7-8,11H2,1H3,(H,17,21). The second-order valence-electron chi connectivity index (χ2n) is 5.41. The molecule has 1 saturated heterocycles. The zero-order valence-electron chi connectivity index (χ0n) is 12.2. The molecule has 0 unspecified atom stereocenters. The van der Waals surface area contributed by atoms with Crippen molar-refractivity contribution in [2.75, 3.05) is 13.1 Å². The van der Waals surface area contributed by atoms with Crippen molar-refractivity contribution in [3.8, 4) is 0 Å². The molecule has 3 heterocycles. The van der Waals surface area contributed by atoms with E-state index < -0.39 is 0 Å². The lowest BCUT2D eigenvalue weighted by atomic mass is 10.1. The maximum absolute atomic E-state index is 12.4. The summed E-state index contributed by atoms with van der Waals surface area (Å²) in [5.74, 6) is -0.0280. The third-order valence-corrected chi connectivity index (χ3v) is 4.07. The molecule has 2 aromatic heterocycles. The fourth-order valence-electron chi connectivity index (χ4n) is 2.83. The van der Waals surface area contributed by atoms with Gasteiger partial charge in [-0.1, -0.05) is 0 Å². The van der Waals surface area contributed by atoms with Crippen LogP contribution in [0.5, 0.6) is 0 Å². The number of nitrogens with one attached hydrogen (secondary N) is 2. The molecule has 2 aromatic rings. The van der Waals surface area contributed by atoms with Crippen LogP contribution in [0, 0.1) is 0 Å². The van der Waals surface area contributed by atoms with E-state index >= 15 is 0 Å². The van der Waals surface area contributed by atoms with Gasteiger partial charge in [-0.05, 0) is 44.1 Å². The molecule has 6 heteroatoms. The van der Waals surface area contributed by atoms with Gasteiger partial charge in [-0.15, -0.1) is 0 Å². The van der Waals surface area contributed by atoms with Crippen LogP contribution in [0.25, 0.3) is 0 Å². The predicted molar refractivity (Wildman–Crippen MR) is 80.0 cm³/mol. The summed E-state index contributed by atoms with van der Waals surface area (Å²) in [6, 6.07) is 6.16. The van der Waals surface area contributed by atoms with Crippen molar-refractivity contribution < 1.29 is 4.79 Å². The van der Waals surface area contributed by atoms with Gasteiger partial charge in [-0.25, -0.2) is 0 Å². The summed E-state index contributed by atoms with van der Waals surface area (Å²) in [7, 11) is 1.87. The molecule has 0 aliphatic carbocycles. The van der Waals surface area contributed by atoms with Gasteiger partial charge in [0, 0.05) is 25.5 Å². The van der Waals surface area contributed by atoms with E-state index in [1.807, 2.05) is 31.4 Å². The number of carbonyl (C=O) groups excluding carboxylic acids is 1. The second kappa shape index (κ2) is 6.13. The molecule has 0 atom stereocenters. The minimum absolute atomic E-state index is 0.0280. The van der Waals surface area contributed by atoms with Gasteiger partial charge in [0.15, 0.2) is 0 Å². The van der Waals surface area contributed by atoms with Crippen LogP contribution in [0.3, 0.4) is 0 Å². The van der Waals surface area contributed by atoms with Crippen LogP contribution in [-0.4, -0.2) is 33.3 Å². The van der Waals surface area contributed by atoms with E-state index in [0.717, 1.165) is 37.3 Å². The van der Waals surface area contributed by atoms with Crippen LogP contribution in [0.15, 0.2) is 30.6 Å². The molecule has 2 N–H and O–H groups in total. The Hall–Kier alpha value is -2.08. The van der Waals surface area contributed by atoms with Crippen LogP contribution < -0.4 is 10.6 Å². The lowest BCUT2D eigenvalue weighted by Crippen LogP contribution is -2.32. The smallest absolute Gasteiger partial charge is 0.268 e. The van der Waals surface area contributed by atoms with Crippen molar-refractivity contribution in [3.05, 3.63) is 42.0 Å². The van der Waals surface area contributed by atoms with Crippen LogP contribution in [0.2, 0.25) is 0 Å². The van der Waals surface area contributed by atoms with Crippen molar-refractivity contribution in [1.82, 2.24) is 25.0 Å². The molecule has 21 heavy (non-hydrogen) atoms. The maximum atomic E-state index is 12.4. The van der Waals surface area contributed by atoms with Gasteiger partial charge in [-0.2, -0.15) is 5.10 Å². The van der Waals surface area contributed by atoms with Gasteiger partial charge in [0.05, 0.1) is 12.2 Å². The summed E-state index contributed by atoms with van der Waals surface area (Å²) < 4.78 is 3.88. The number of nitrogens with zero attached hydrogens (tertiary/aromatic N) is 3. The van der Waals surface area contributed by atoms with Crippen molar-refractivity contribution in [2.24, 2.45) is 7.05 Å². The van der Waals surface area contributed by atoms with Gasteiger partial charge in [-0.3, -0.25) is 9.48 Å². The first-order chi connectivity index (χ1) is 10.3. The molecule has 0 spiro atoms. The summed E-state index contributed by atoms with van der Waals surface area (Å²) in [5.41, 5.74) is 1.73. The number of hydrogen-bond acceptors (Lipinski definition) is 3. The quantitative estimate of drug-likeness (QED) is 0.884. The Labute approximate surface area is 124 Å². The average Bonchev–Trinajstić information content (AvgIpc) is 3.15. The number of rotatable bonds is 4. The normalized spacial score (nSPS) is 16.0. The highest BCUT2D eigenvalue weighted by atomic mass is 16.1. The Balaban J connectivity index is 1.67. The fraction of sp³-hybridized carbons (Fsp3) is 0.467. The Morgan fingerprint density at radius 3 is 2.95 bits per heavy atom. The number of aromatic nitrogens is 3. The zero-order valence-corrected chi connectivity index (χ0v) is 12.2. The lowest BCUT2D eigenvalue weighted by molar-refractivity contribution is 0.0937. The van der Waals surface area contributed by atoms with Gasteiger partial charge in [0.2, 0.25) is 0 Å². The number of piperidine rings is 1. The summed E-state index contributed by atoms with van der Waals surface area (Å²) in [5, 5.41) is 10.4. The third-order valence-electron chi connectivity index (χ3n) is 4.07. The molecule has 3 rings (SSSR count). The van der Waals surface area contributed by atoms with Crippen molar-refractivity contribution in [2.45, 2.75) is 25.4 Å². The minimum Gasteiger partial charge on any atom is -0.345 e. The predicted octanol–water partition coefficient (Wildman–Crippen LogP) is 1.08. The van der Waals surface area contributed by atoms with Crippen LogP contribution >= 0.6 is 0 Å². The minimum atomic E-state index is -0.0280. The van der Waals surface area contributed by atoms with E-state index in [9.17, 15) is 4.79 Å². The Bertz CT molecular complexity index is 609. The largest absolute Gasteiger partial charge is 0.345 e. The highest BCUT2D eigenvalue weighted by Crippen LogP contribution is 2.21. The zero-order chi connectivity index (χ0) is 14.7. The summed E-state index contributed by atoms with van der Waals surface area (Å²) >= 11 is 0. The lowest BCUT2D eigenvalue weighted by Gasteiger charge is -2.25. The van der Waals surface area contributed by atoms with Crippen molar-refractivity contribution in [1.29, 1.82) is 0 Å². The molecule has 1 aliphatic heterocycles. The van der Waals surface area contributed by atoms with Gasteiger partial charge >= 0.3 is 0 Å². The molecular weight excluding hydrogens is 266 g/mol. The van der Waals surface area contributed by atoms with E-state index in [-0.39, 0.29) is 5.91 Å². The maximum Gasteiger partial charge on any atom is 0.268 e. The van der Waals surface area contributed by atoms with Crippen LogP contribution in [0.4, 0.5) is 0 Å². The Morgan fingerprint density at radius 1 is 1.43 bits per heavy atom. The van der Waals surface area contributed by atoms with Crippen molar-refractivity contribution in [3.63, 3.8) is 0 Å². The molecule has 0 aromatic carbocycles. The second-order valence-corrected chi connectivity index (χ2v) is 5.41.